The van der Waals surface area contributed by atoms with E-state index in [1.165, 1.54) is 16.7 Å². The van der Waals surface area contributed by atoms with Gasteiger partial charge in [0.15, 0.2) is 6.10 Å². The van der Waals surface area contributed by atoms with Gasteiger partial charge in [0, 0.05) is 0 Å². The molecule has 128 valence electrons. The highest BCUT2D eigenvalue weighted by atomic mass is 16.5. The van der Waals surface area contributed by atoms with Gasteiger partial charge in [-0.25, -0.2) is 0 Å². The summed E-state index contributed by atoms with van der Waals surface area (Å²) in [6.07, 6.45) is -0.541. The molecule has 0 aromatic heterocycles. The smallest absolute Gasteiger partial charge is 0.261 e. The van der Waals surface area contributed by atoms with E-state index < -0.39 is 6.10 Å². The van der Waals surface area contributed by atoms with E-state index in [0.29, 0.717) is 5.75 Å². The molecule has 0 aliphatic rings. The van der Waals surface area contributed by atoms with Crippen molar-refractivity contribution in [1.82, 2.24) is 5.32 Å². The summed E-state index contributed by atoms with van der Waals surface area (Å²) in [5, 5.41) is 3.05. The number of nitrogens with one attached hydrogen (secondary N) is 1. The SMILES string of the molecule is Cc1cccc(O[C@@H](C)C(=O)N[C@H](C)c2cc(C)c(C)cc2C)c1. The highest BCUT2D eigenvalue weighted by Gasteiger charge is 2.19. The van der Waals surface area contributed by atoms with E-state index in [1.54, 1.807) is 6.92 Å². The maximum Gasteiger partial charge on any atom is 0.261 e. The second kappa shape index (κ2) is 7.52. The molecule has 0 bridgehead atoms. The van der Waals surface area contributed by atoms with Crippen molar-refractivity contribution in [3.8, 4) is 5.75 Å². The van der Waals surface area contributed by atoms with Crippen molar-refractivity contribution in [1.29, 1.82) is 0 Å². The molecule has 0 radical (unpaired) electrons. The Morgan fingerprint density at radius 3 is 2.29 bits per heavy atom. The number of rotatable bonds is 5. The van der Waals surface area contributed by atoms with Crippen LogP contribution in [-0.4, -0.2) is 12.0 Å². The van der Waals surface area contributed by atoms with E-state index >= 15 is 0 Å². The van der Waals surface area contributed by atoms with Crippen molar-refractivity contribution in [2.24, 2.45) is 0 Å². The zero-order valence-electron chi connectivity index (χ0n) is 15.4. The molecule has 24 heavy (non-hydrogen) atoms. The average Bonchev–Trinajstić information content (AvgIpc) is 2.50. The van der Waals surface area contributed by atoms with Gasteiger partial charge in [0.1, 0.15) is 5.75 Å². The molecular formula is C21H27NO2. The van der Waals surface area contributed by atoms with Crippen molar-refractivity contribution >= 4 is 5.91 Å². The van der Waals surface area contributed by atoms with Crippen LogP contribution in [0.4, 0.5) is 0 Å². The maximum absolute atomic E-state index is 12.4. The molecule has 1 N–H and O–H groups in total. The quantitative estimate of drug-likeness (QED) is 0.875. The maximum atomic E-state index is 12.4. The summed E-state index contributed by atoms with van der Waals surface area (Å²) in [6, 6.07) is 12.0. The van der Waals surface area contributed by atoms with Crippen LogP contribution in [0.3, 0.4) is 0 Å². The molecule has 2 rings (SSSR count). The predicted octanol–water partition coefficient (Wildman–Crippen LogP) is 4.56. The van der Waals surface area contributed by atoms with Gasteiger partial charge >= 0.3 is 0 Å². The van der Waals surface area contributed by atoms with Gasteiger partial charge in [-0.15, -0.1) is 0 Å². The van der Waals surface area contributed by atoms with Crippen LogP contribution >= 0.6 is 0 Å². The molecule has 2 aromatic rings. The van der Waals surface area contributed by atoms with E-state index in [4.69, 9.17) is 4.74 Å². The van der Waals surface area contributed by atoms with Crippen LogP contribution in [0.2, 0.25) is 0 Å². The van der Waals surface area contributed by atoms with Crippen molar-refractivity contribution in [2.75, 3.05) is 0 Å². The molecule has 1 amide bonds. The van der Waals surface area contributed by atoms with Crippen LogP contribution in [-0.2, 0) is 4.79 Å². The zero-order chi connectivity index (χ0) is 17.9. The van der Waals surface area contributed by atoms with E-state index in [-0.39, 0.29) is 11.9 Å². The van der Waals surface area contributed by atoms with Gasteiger partial charge in [0.25, 0.3) is 5.91 Å². The Balaban J connectivity index is 2.04. The Labute approximate surface area is 145 Å². The minimum absolute atomic E-state index is 0.0552. The van der Waals surface area contributed by atoms with E-state index in [2.05, 4.69) is 38.2 Å². The normalized spacial score (nSPS) is 13.2. The Kier molecular flexibility index (Phi) is 5.66. The summed E-state index contributed by atoms with van der Waals surface area (Å²) in [5.41, 5.74) is 5.96. The molecule has 0 heterocycles. The lowest BCUT2D eigenvalue weighted by Crippen LogP contribution is -2.38. The average molecular weight is 325 g/mol. The van der Waals surface area contributed by atoms with E-state index in [0.717, 1.165) is 11.1 Å². The first-order chi connectivity index (χ1) is 11.3. The Hall–Kier alpha value is -2.29. The molecule has 3 nitrogen and oxygen atoms in total. The fourth-order valence-corrected chi connectivity index (χ4v) is 2.80. The number of hydrogen-bond donors (Lipinski definition) is 1. The van der Waals surface area contributed by atoms with Crippen LogP contribution in [0.25, 0.3) is 0 Å². The largest absolute Gasteiger partial charge is 0.481 e. The molecule has 3 heteroatoms. The number of aryl methyl sites for hydroxylation is 4. The number of hydrogen-bond acceptors (Lipinski definition) is 2. The summed E-state index contributed by atoms with van der Waals surface area (Å²) in [4.78, 5) is 12.4. The first-order valence-corrected chi connectivity index (χ1v) is 8.39. The minimum atomic E-state index is -0.541. The molecular weight excluding hydrogens is 298 g/mol. The summed E-state index contributed by atoms with van der Waals surface area (Å²) in [7, 11) is 0. The number of amides is 1. The van der Waals surface area contributed by atoms with Gasteiger partial charge in [-0.2, -0.15) is 0 Å². The lowest BCUT2D eigenvalue weighted by atomic mass is 9.96. The summed E-state index contributed by atoms with van der Waals surface area (Å²) in [5.74, 6) is 0.606. The topological polar surface area (TPSA) is 38.3 Å². The van der Waals surface area contributed by atoms with Crippen molar-refractivity contribution in [3.63, 3.8) is 0 Å². The highest BCUT2D eigenvalue weighted by Crippen LogP contribution is 2.22. The van der Waals surface area contributed by atoms with Crippen LogP contribution < -0.4 is 10.1 Å². The van der Waals surface area contributed by atoms with Gasteiger partial charge in [-0.1, -0.05) is 24.3 Å². The molecule has 2 atom stereocenters. The number of ether oxygens (including phenoxy) is 1. The third kappa shape index (κ3) is 4.38. The molecule has 0 aliphatic carbocycles. The van der Waals surface area contributed by atoms with Crippen LogP contribution in [0, 0.1) is 27.7 Å². The Morgan fingerprint density at radius 1 is 0.958 bits per heavy atom. The number of benzene rings is 2. The Bertz CT molecular complexity index is 737. The lowest BCUT2D eigenvalue weighted by molar-refractivity contribution is -0.127. The van der Waals surface area contributed by atoms with E-state index in [9.17, 15) is 4.79 Å². The number of carbonyl (C=O) groups is 1. The van der Waals surface area contributed by atoms with Gasteiger partial charge in [-0.05, 0) is 81.5 Å². The number of carbonyl (C=O) groups excluding carboxylic acids is 1. The van der Waals surface area contributed by atoms with E-state index in [1.807, 2.05) is 38.1 Å². The fraction of sp³-hybridized carbons (Fsp3) is 0.381. The molecule has 0 saturated heterocycles. The summed E-state index contributed by atoms with van der Waals surface area (Å²) in [6.45, 7) is 12.1. The highest BCUT2D eigenvalue weighted by molar-refractivity contribution is 5.81. The summed E-state index contributed by atoms with van der Waals surface area (Å²) < 4.78 is 5.75. The molecule has 0 saturated carbocycles. The first kappa shape index (κ1) is 18.1. The molecule has 0 aliphatic heterocycles. The van der Waals surface area contributed by atoms with Crippen LogP contribution in [0.15, 0.2) is 36.4 Å². The van der Waals surface area contributed by atoms with Crippen molar-refractivity contribution in [2.45, 2.75) is 53.7 Å². The third-order valence-corrected chi connectivity index (χ3v) is 4.38. The predicted molar refractivity (Wildman–Crippen MR) is 98.5 cm³/mol. The molecule has 2 aromatic carbocycles. The summed E-state index contributed by atoms with van der Waals surface area (Å²) >= 11 is 0. The van der Waals surface area contributed by atoms with Crippen LogP contribution in [0.1, 0.15) is 47.7 Å². The van der Waals surface area contributed by atoms with Crippen molar-refractivity contribution in [3.05, 3.63) is 64.2 Å². The Morgan fingerprint density at radius 2 is 1.62 bits per heavy atom. The van der Waals surface area contributed by atoms with Gasteiger partial charge in [0.05, 0.1) is 6.04 Å². The first-order valence-electron chi connectivity index (χ1n) is 8.39. The molecule has 0 spiro atoms. The minimum Gasteiger partial charge on any atom is -0.481 e. The third-order valence-electron chi connectivity index (χ3n) is 4.38. The van der Waals surface area contributed by atoms with Gasteiger partial charge < -0.3 is 10.1 Å². The second-order valence-corrected chi connectivity index (χ2v) is 6.60. The van der Waals surface area contributed by atoms with Gasteiger partial charge in [0.2, 0.25) is 0 Å². The molecule has 0 unspecified atom stereocenters. The van der Waals surface area contributed by atoms with Crippen molar-refractivity contribution < 1.29 is 9.53 Å². The fourth-order valence-electron chi connectivity index (χ4n) is 2.80. The second-order valence-electron chi connectivity index (χ2n) is 6.60. The zero-order valence-corrected chi connectivity index (χ0v) is 15.4. The monoisotopic (exact) mass is 325 g/mol. The van der Waals surface area contributed by atoms with Crippen LogP contribution in [0.5, 0.6) is 5.75 Å². The molecule has 0 fully saturated rings. The lowest BCUT2D eigenvalue weighted by Gasteiger charge is -2.21. The standard InChI is InChI=1S/C21H27NO2/c1-13-8-7-9-19(10-13)24-18(6)21(23)22-17(5)20-12-15(3)14(2)11-16(20)4/h7-12,17-18H,1-6H3,(H,22,23)/t17-,18+/m1/s1. The van der Waals surface area contributed by atoms with Gasteiger partial charge in [-0.3, -0.25) is 4.79 Å².